The number of benzene rings is 6. The van der Waals surface area contributed by atoms with Gasteiger partial charge in [-0.25, -0.2) is 9.97 Å². The van der Waals surface area contributed by atoms with Crippen LogP contribution >= 0.6 is 0 Å². The minimum atomic E-state index is 0.929. The molecule has 0 unspecified atom stereocenters. The maximum atomic E-state index is 5.31. The first-order chi connectivity index (χ1) is 23.8. The fourth-order valence-electron chi connectivity index (χ4n) is 7.33. The molecule has 6 aromatic carbocycles. The maximum Gasteiger partial charge on any atom is 0.145 e. The Morgan fingerprint density at radius 3 is 1.83 bits per heavy atom. The monoisotopic (exact) mass is 612 g/mol. The maximum absolute atomic E-state index is 5.31. The number of imidazole rings is 2. The van der Waals surface area contributed by atoms with Gasteiger partial charge in [0.05, 0.1) is 27.8 Å². The third kappa shape index (κ3) is 4.03. The second-order valence-electron chi connectivity index (χ2n) is 12.3. The molecule has 0 saturated heterocycles. The van der Waals surface area contributed by atoms with Gasteiger partial charge in [0.2, 0.25) is 0 Å². The number of fused-ring (bicyclic) bond motifs is 4. The van der Waals surface area contributed by atoms with Crippen LogP contribution in [0.3, 0.4) is 0 Å². The molecule has 0 amide bonds. The molecule has 10 aromatic rings. The van der Waals surface area contributed by atoms with Crippen molar-refractivity contribution in [1.29, 1.82) is 0 Å². The van der Waals surface area contributed by atoms with Gasteiger partial charge in [-0.3, -0.25) is 8.97 Å². The first kappa shape index (κ1) is 26.7. The quantitative estimate of drug-likeness (QED) is 0.194. The van der Waals surface area contributed by atoms with Crippen LogP contribution in [0.15, 0.2) is 170 Å². The van der Waals surface area contributed by atoms with Gasteiger partial charge in [0.25, 0.3) is 0 Å². The van der Waals surface area contributed by atoms with Crippen molar-refractivity contribution in [3.05, 3.63) is 170 Å². The fraction of sp³-hybridized carbons (Fsp3) is 0. The van der Waals surface area contributed by atoms with Gasteiger partial charge in [-0.1, -0.05) is 127 Å². The van der Waals surface area contributed by atoms with E-state index in [1.807, 2.05) is 6.07 Å². The first-order valence-electron chi connectivity index (χ1n) is 16.3. The van der Waals surface area contributed by atoms with E-state index < -0.39 is 0 Å². The summed E-state index contributed by atoms with van der Waals surface area (Å²) in [5, 5.41) is 2.48. The van der Waals surface area contributed by atoms with Crippen LogP contribution in [0.1, 0.15) is 0 Å². The Labute approximate surface area is 277 Å². The van der Waals surface area contributed by atoms with Gasteiger partial charge in [-0.05, 0) is 59.2 Å². The van der Waals surface area contributed by atoms with Crippen LogP contribution < -0.4 is 0 Å². The molecule has 0 aliphatic carbocycles. The van der Waals surface area contributed by atoms with Gasteiger partial charge in [0.1, 0.15) is 11.5 Å². The molecule has 224 valence electrons. The molecular weight excluding hydrogens is 585 g/mol. The van der Waals surface area contributed by atoms with Crippen LogP contribution in [-0.2, 0) is 0 Å². The van der Waals surface area contributed by atoms with Gasteiger partial charge in [0, 0.05) is 33.2 Å². The van der Waals surface area contributed by atoms with Crippen molar-refractivity contribution < 1.29 is 0 Å². The van der Waals surface area contributed by atoms with Crippen molar-refractivity contribution in [2.24, 2.45) is 0 Å². The highest BCUT2D eigenvalue weighted by Crippen LogP contribution is 2.39. The highest BCUT2D eigenvalue weighted by Gasteiger charge is 2.20. The van der Waals surface area contributed by atoms with Crippen LogP contribution in [0, 0.1) is 0 Å². The number of para-hydroxylation sites is 2. The minimum absolute atomic E-state index is 0.929. The zero-order valence-electron chi connectivity index (χ0n) is 26.0. The van der Waals surface area contributed by atoms with Crippen molar-refractivity contribution in [3.8, 4) is 50.6 Å². The van der Waals surface area contributed by atoms with Gasteiger partial charge in [0.15, 0.2) is 0 Å². The number of pyridine rings is 1. The summed E-state index contributed by atoms with van der Waals surface area (Å²) in [5.41, 5.74) is 14.2. The number of aromatic nitrogens is 4. The Hall–Kier alpha value is -6.52. The van der Waals surface area contributed by atoms with Gasteiger partial charge in [-0.2, -0.15) is 0 Å². The van der Waals surface area contributed by atoms with E-state index in [2.05, 4.69) is 173 Å². The van der Waals surface area contributed by atoms with E-state index in [4.69, 9.17) is 9.97 Å². The fourth-order valence-corrected chi connectivity index (χ4v) is 7.33. The van der Waals surface area contributed by atoms with Crippen LogP contribution in [0.25, 0.3) is 89.1 Å². The van der Waals surface area contributed by atoms with E-state index >= 15 is 0 Å². The van der Waals surface area contributed by atoms with Crippen molar-refractivity contribution in [3.63, 3.8) is 0 Å². The molecular formula is C44H28N4. The largest absolute Gasteiger partial charge is 0.292 e. The molecule has 10 rings (SSSR count). The molecule has 0 aliphatic rings. The van der Waals surface area contributed by atoms with E-state index in [1.54, 1.807) is 0 Å². The van der Waals surface area contributed by atoms with Crippen molar-refractivity contribution in [1.82, 2.24) is 18.9 Å². The lowest BCUT2D eigenvalue weighted by Crippen LogP contribution is -1.97. The molecule has 0 atom stereocenters. The van der Waals surface area contributed by atoms with Crippen molar-refractivity contribution >= 4 is 38.5 Å². The molecule has 0 fully saturated rings. The zero-order chi connectivity index (χ0) is 31.6. The molecule has 4 nitrogen and oxygen atoms in total. The Kier molecular flexibility index (Phi) is 5.84. The lowest BCUT2D eigenvalue weighted by atomic mass is 9.96. The number of nitrogens with zero attached hydrogens (tertiary/aromatic N) is 4. The highest BCUT2D eigenvalue weighted by molar-refractivity contribution is 6.13. The average molecular weight is 613 g/mol. The summed E-state index contributed by atoms with van der Waals surface area (Å²) in [4.78, 5) is 10.4. The van der Waals surface area contributed by atoms with Crippen molar-refractivity contribution in [2.75, 3.05) is 0 Å². The first-order valence-corrected chi connectivity index (χ1v) is 16.3. The Morgan fingerprint density at radius 2 is 1.02 bits per heavy atom. The molecule has 4 heterocycles. The second kappa shape index (κ2) is 10.5. The highest BCUT2D eigenvalue weighted by atomic mass is 15.1. The standard InChI is InChI=1S/C44H28N4/c1-3-13-29(14-4-1)44-46-42-35(23-11-25-39(42)47(44)34-19-5-2-6-20-34)32-17-9-15-30(27-32)31-16-10-18-33(28-31)41-43-37-22-8-7-21-36(37)38-24-12-26-40(45-41)48(38)43/h1-28H. The molecule has 0 N–H and O–H groups in total. The number of hydrogen-bond acceptors (Lipinski definition) is 2. The zero-order valence-corrected chi connectivity index (χ0v) is 26.0. The molecule has 0 saturated carbocycles. The Bertz CT molecular complexity index is 2770. The van der Waals surface area contributed by atoms with Crippen LogP contribution in [0.2, 0.25) is 0 Å². The van der Waals surface area contributed by atoms with E-state index in [9.17, 15) is 0 Å². The third-order valence-corrected chi connectivity index (χ3v) is 9.48. The molecule has 0 radical (unpaired) electrons. The summed E-state index contributed by atoms with van der Waals surface area (Å²) >= 11 is 0. The van der Waals surface area contributed by atoms with E-state index in [1.165, 1.54) is 16.3 Å². The predicted molar refractivity (Wildman–Crippen MR) is 198 cm³/mol. The summed E-state index contributed by atoms with van der Waals surface area (Å²) < 4.78 is 4.57. The molecule has 4 aromatic heterocycles. The van der Waals surface area contributed by atoms with E-state index in [0.29, 0.717) is 0 Å². The van der Waals surface area contributed by atoms with Gasteiger partial charge in [-0.15, -0.1) is 0 Å². The summed E-state index contributed by atoms with van der Waals surface area (Å²) in [5.74, 6) is 0.929. The molecule has 48 heavy (non-hydrogen) atoms. The lowest BCUT2D eigenvalue weighted by molar-refractivity contribution is 1.10. The average Bonchev–Trinajstić information content (AvgIpc) is 3.85. The number of hydrogen-bond donors (Lipinski definition) is 0. The SMILES string of the molecule is c1ccc(-c2nc3c(-c4cccc(-c5cccc(-c6nc7cccc8c9ccccc9c6n78)c5)c4)cccc3n2-c2ccccc2)cc1. The van der Waals surface area contributed by atoms with Crippen LogP contribution in [-0.4, -0.2) is 18.9 Å². The van der Waals surface area contributed by atoms with E-state index in [-0.39, 0.29) is 0 Å². The Balaban J connectivity index is 1.12. The topological polar surface area (TPSA) is 35.1 Å². The molecule has 0 spiro atoms. The lowest BCUT2D eigenvalue weighted by Gasteiger charge is -2.10. The van der Waals surface area contributed by atoms with Crippen LogP contribution in [0.5, 0.6) is 0 Å². The van der Waals surface area contributed by atoms with E-state index in [0.717, 1.165) is 72.8 Å². The smallest absolute Gasteiger partial charge is 0.145 e. The summed E-state index contributed by atoms with van der Waals surface area (Å²) in [7, 11) is 0. The molecule has 0 aliphatic heterocycles. The molecule has 0 bridgehead atoms. The molecule has 4 heteroatoms. The number of rotatable bonds is 5. The normalized spacial score (nSPS) is 11.8. The summed E-state index contributed by atoms with van der Waals surface area (Å²) in [6.45, 7) is 0. The van der Waals surface area contributed by atoms with Gasteiger partial charge >= 0.3 is 0 Å². The summed E-state index contributed by atoms with van der Waals surface area (Å²) in [6.07, 6.45) is 0. The third-order valence-electron chi connectivity index (χ3n) is 9.48. The van der Waals surface area contributed by atoms with Crippen molar-refractivity contribution in [2.45, 2.75) is 0 Å². The van der Waals surface area contributed by atoms with Crippen LogP contribution in [0.4, 0.5) is 0 Å². The Morgan fingerprint density at radius 1 is 0.417 bits per heavy atom. The second-order valence-corrected chi connectivity index (χ2v) is 12.3. The minimum Gasteiger partial charge on any atom is -0.292 e. The summed E-state index contributed by atoms with van der Waals surface area (Å²) in [6, 6.07) is 60.0. The predicted octanol–water partition coefficient (Wildman–Crippen LogP) is 11.1. The van der Waals surface area contributed by atoms with Gasteiger partial charge < -0.3 is 0 Å².